The number of aliphatic hydroxyl groups excluding tert-OH is 1. The van der Waals surface area contributed by atoms with Crippen molar-refractivity contribution >= 4 is 11.8 Å². The first kappa shape index (κ1) is 25.6. The number of carbonyl (C=O) groups excluding carboxylic acids is 1. The van der Waals surface area contributed by atoms with E-state index in [2.05, 4.69) is 0 Å². The van der Waals surface area contributed by atoms with Crippen molar-refractivity contribution < 1.29 is 29.0 Å². The van der Waals surface area contributed by atoms with Gasteiger partial charge in [-0.15, -0.1) is 0 Å². The second kappa shape index (κ2) is 13.0. The number of carboxylic acid groups (broad SMARTS) is 1. The summed E-state index contributed by atoms with van der Waals surface area (Å²) in [5, 5.41) is 20.0. The van der Waals surface area contributed by atoms with Gasteiger partial charge >= 0.3 is 5.97 Å². The summed E-state index contributed by atoms with van der Waals surface area (Å²) in [4.78, 5) is 24.4. The maximum atomic E-state index is 13.0. The summed E-state index contributed by atoms with van der Waals surface area (Å²) in [5.41, 5.74) is 0. The predicted octanol–water partition coefficient (Wildman–Crippen LogP) is 5.02. The third-order valence-electron chi connectivity index (χ3n) is 6.77. The number of hydrogen-bond acceptors (Lipinski definition) is 5. The molecule has 31 heavy (non-hydrogen) atoms. The number of ketones is 1. The van der Waals surface area contributed by atoms with Crippen LogP contribution in [-0.4, -0.2) is 40.3 Å². The molecule has 1 fully saturated rings. The lowest BCUT2D eigenvalue weighted by molar-refractivity contribution is -0.153. The summed E-state index contributed by atoms with van der Waals surface area (Å²) in [7, 11) is 0. The van der Waals surface area contributed by atoms with Gasteiger partial charge < -0.3 is 19.4 Å². The van der Waals surface area contributed by atoms with E-state index in [-0.39, 0.29) is 29.8 Å². The molecule has 6 unspecified atom stereocenters. The van der Waals surface area contributed by atoms with E-state index in [0.29, 0.717) is 25.7 Å². The average Bonchev–Trinajstić information content (AvgIpc) is 3.26. The van der Waals surface area contributed by atoms with E-state index in [1.807, 2.05) is 32.9 Å². The second-order valence-corrected chi connectivity index (χ2v) is 9.01. The van der Waals surface area contributed by atoms with E-state index in [0.717, 1.165) is 44.3 Å². The Labute approximate surface area is 186 Å². The van der Waals surface area contributed by atoms with Gasteiger partial charge in [0.25, 0.3) is 0 Å². The van der Waals surface area contributed by atoms with Gasteiger partial charge in [0, 0.05) is 18.3 Å². The first-order valence-electron chi connectivity index (χ1n) is 12.0. The zero-order chi connectivity index (χ0) is 22.8. The Hall–Kier alpha value is -1.66. The van der Waals surface area contributed by atoms with E-state index in [1.165, 1.54) is 0 Å². The molecule has 6 atom stereocenters. The highest BCUT2D eigenvalue weighted by Crippen LogP contribution is 2.30. The van der Waals surface area contributed by atoms with Crippen molar-refractivity contribution in [1.29, 1.82) is 0 Å². The number of aliphatic hydroxyl groups is 1. The number of hydrogen-bond donors (Lipinski definition) is 2. The molecule has 2 N–H and O–H groups in total. The topological polar surface area (TPSA) is 97.0 Å². The van der Waals surface area contributed by atoms with Gasteiger partial charge in [-0.05, 0) is 69.9 Å². The summed E-state index contributed by atoms with van der Waals surface area (Å²) >= 11 is 0. The van der Waals surface area contributed by atoms with Gasteiger partial charge in [-0.3, -0.25) is 9.59 Å². The van der Waals surface area contributed by atoms with Crippen molar-refractivity contribution in [3.63, 3.8) is 0 Å². The number of aliphatic carboxylic acids is 1. The van der Waals surface area contributed by atoms with Crippen molar-refractivity contribution in [2.75, 3.05) is 0 Å². The molecule has 1 aliphatic rings. The minimum atomic E-state index is -0.788. The molecule has 176 valence electrons. The molecule has 2 heterocycles. The molecule has 0 aromatic carbocycles. The molecule has 0 aliphatic carbocycles. The first-order chi connectivity index (χ1) is 14.9. The van der Waals surface area contributed by atoms with Crippen LogP contribution in [0.4, 0.5) is 0 Å². The molecule has 0 saturated carbocycles. The number of aryl methyl sites for hydroxylation is 1. The summed E-state index contributed by atoms with van der Waals surface area (Å²) in [5.74, 6) is -0.708. The average molecular weight is 437 g/mol. The van der Waals surface area contributed by atoms with Crippen molar-refractivity contribution in [3.8, 4) is 0 Å². The van der Waals surface area contributed by atoms with Gasteiger partial charge in [-0.25, -0.2) is 0 Å². The van der Waals surface area contributed by atoms with Crippen LogP contribution in [0.15, 0.2) is 22.8 Å². The zero-order valence-corrected chi connectivity index (χ0v) is 19.3. The van der Waals surface area contributed by atoms with Crippen LogP contribution >= 0.6 is 0 Å². The molecule has 1 aromatic heterocycles. The van der Waals surface area contributed by atoms with E-state index in [9.17, 15) is 19.8 Å². The molecule has 0 radical (unpaired) electrons. The Kier molecular flexibility index (Phi) is 10.7. The predicted molar refractivity (Wildman–Crippen MR) is 119 cm³/mol. The van der Waals surface area contributed by atoms with Gasteiger partial charge in [0.2, 0.25) is 0 Å². The molecule has 0 spiro atoms. The fraction of sp³-hybridized carbons (Fsp3) is 0.760. The van der Waals surface area contributed by atoms with E-state index in [1.54, 1.807) is 6.26 Å². The fourth-order valence-electron chi connectivity index (χ4n) is 4.78. The quantitative estimate of drug-likeness (QED) is 0.425. The monoisotopic (exact) mass is 436 g/mol. The molecule has 1 saturated heterocycles. The Morgan fingerprint density at radius 2 is 1.97 bits per heavy atom. The highest BCUT2D eigenvalue weighted by Gasteiger charge is 2.33. The Balaban J connectivity index is 1.79. The van der Waals surface area contributed by atoms with Crippen LogP contribution in [0.2, 0.25) is 0 Å². The number of carbonyl (C=O) groups is 2. The molecule has 0 amide bonds. The summed E-state index contributed by atoms with van der Waals surface area (Å²) < 4.78 is 11.4. The molecule has 1 aliphatic heterocycles. The number of carboxylic acids is 1. The maximum Gasteiger partial charge on any atom is 0.309 e. The van der Waals surface area contributed by atoms with E-state index >= 15 is 0 Å². The highest BCUT2D eigenvalue weighted by molar-refractivity contribution is 5.83. The molecule has 0 bridgehead atoms. The smallest absolute Gasteiger partial charge is 0.309 e. The summed E-state index contributed by atoms with van der Waals surface area (Å²) in [6, 6.07) is 3.78. The molecular formula is C25H40O6. The molecular weight excluding hydrogens is 396 g/mol. The molecule has 2 rings (SSSR count). The lowest BCUT2D eigenvalue weighted by atomic mass is 9.83. The molecule has 6 nitrogen and oxygen atoms in total. The maximum absolute atomic E-state index is 13.0. The molecule has 6 heteroatoms. The second-order valence-electron chi connectivity index (χ2n) is 9.01. The SMILES string of the molecule is CCC(C(=O)C(C)CCC1CCCC(C(CC)C(=O)O)O1)C(O)CCCc1ccco1. The minimum absolute atomic E-state index is 0.0145. The number of furan rings is 1. The lowest BCUT2D eigenvalue weighted by Gasteiger charge is -2.34. The van der Waals surface area contributed by atoms with Gasteiger partial charge in [0.1, 0.15) is 11.5 Å². The Morgan fingerprint density at radius 3 is 2.58 bits per heavy atom. The lowest BCUT2D eigenvalue weighted by Crippen LogP contribution is -2.37. The van der Waals surface area contributed by atoms with Crippen LogP contribution in [0.5, 0.6) is 0 Å². The van der Waals surface area contributed by atoms with E-state index < -0.39 is 18.0 Å². The van der Waals surface area contributed by atoms with Crippen molar-refractivity contribution in [3.05, 3.63) is 24.2 Å². The summed E-state index contributed by atoms with van der Waals surface area (Å²) in [6.07, 6.45) is 8.25. The third-order valence-corrected chi connectivity index (χ3v) is 6.77. The third kappa shape index (κ3) is 7.76. The van der Waals surface area contributed by atoms with Crippen LogP contribution in [0.3, 0.4) is 0 Å². The number of rotatable bonds is 14. The number of ether oxygens (including phenoxy) is 1. The van der Waals surface area contributed by atoms with Crippen LogP contribution in [-0.2, 0) is 20.7 Å². The summed E-state index contributed by atoms with van der Waals surface area (Å²) in [6.45, 7) is 5.78. The molecule has 1 aromatic rings. The van der Waals surface area contributed by atoms with Gasteiger partial charge in [-0.1, -0.05) is 20.8 Å². The van der Waals surface area contributed by atoms with Gasteiger partial charge in [0.15, 0.2) is 0 Å². The van der Waals surface area contributed by atoms with E-state index in [4.69, 9.17) is 9.15 Å². The standard InChI is InChI=1S/C25H40O6/c1-4-20(22(26)12-6-9-18-11-8-16-30-18)24(27)17(3)14-15-19-10-7-13-23(31-19)21(5-2)25(28)29/h8,11,16-17,19-23,26H,4-7,9-10,12-15H2,1-3H3,(H,28,29). The Morgan fingerprint density at radius 1 is 1.19 bits per heavy atom. The normalized spacial score (nSPS) is 23.1. The van der Waals surface area contributed by atoms with Crippen LogP contribution in [0.1, 0.15) is 84.3 Å². The van der Waals surface area contributed by atoms with Crippen molar-refractivity contribution in [2.45, 2.75) is 103 Å². The Bertz CT molecular complexity index is 655. The zero-order valence-electron chi connectivity index (χ0n) is 19.3. The van der Waals surface area contributed by atoms with Gasteiger partial charge in [-0.2, -0.15) is 0 Å². The largest absolute Gasteiger partial charge is 0.481 e. The van der Waals surface area contributed by atoms with Crippen LogP contribution in [0, 0.1) is 17.8 Å². The van der Waals surface area contributed by atoms with Crippen LogP contribution in [0.25, 0.3) is 0 Å². The number of Topliss-reactive ketones (excluding diaryl/α,β-unsaturated/α-hetero) is 1. The fourth-order valence-corrected chi connectivity index (χ4v) is 4.78. The van der Waals surface area contributed by atoms with Crippen molar-refractivity contribution in [1.82, 2.24) is 0 Å². The van der Waals surface area contributed by atoms with Gasteiger partial charge in [0.05, 0.1) is 30.5 Å². The van der Waals surface area contributed by atoms with Crippen molar-refractivity contribution in [2.24, 2.45) is 17.8 Å². The minimum Gasteiger partial charge on any atom is -0.481 e. The first-order valence-corrected chi connectivity index (χ1v) is 12.0. The highest BCUT2D eigenvalue weighted by atomic mass is 16.5. The van der Waals surface area contributed by atoms with Crippen LogP contribution < -0.4 is 0 Å².